The van der Waals surface area contributed by atoms with Crippen LogP contribution in [0.4, 0.5) is 11.5 Å². The van der Waals surface area contributed by atoms with Crippen molar-refractivity contribution in [3.63, 3.8) is 0 Å². The van der Waals surface area contributed by atoms with Crippen molar-refractivity contribution in [1.29, 1.82) is 0 Å². The molecule has 0 amide bonds. The maximum absolute atomic E-state index is 11.4. The summed E-state index contributed by atoms with van der Waals surface area (Å²) in [4.78, 5) is 17.9. The third-order valence-electron chi connectivity index (χ3n) is 8.62. The van der Waals surface area contributed by atoms with E-state index in [1.807, 2.05) is 48.0 Å². The number of anilines is 2. The maximum atomic E-state index is 11.4. The molecule has 10 nitrogen and oxygen atoms in total. The number of hydrogen-bond acceptors (Lipinski definition) is 8. The van der Waals surface area contributed by atoms with Crippen molar-refractivity contribution in [3.8, 4) is 22.5 Å². The second-order valence-corrected chi connectivity index (χ2v) is 11.2. The van der Waals surface area contributed by atoms with E-state index < -0.39 is 6.10 Å². The van der Waals surface area contributed by atoms with E-state index in [2.05, 4.69) is 49.0 Å². The van der Waals surface area contributed by atoms with Crippen LogP contribution in [0.5, 0.6) is 0 Å². The fourth-order valence-electron chi connectivity index (χ4n) is 6.51. The van der Waals surface area contributed by atoms with E-state index >= 15 is 0 Å². The van der Waals surface area contributed by atoms with E-state index in [9.17, 15) is 9.90 Å². The number of aliphatic hydroxyl groups excluding tert-OH is 1. The van der Waals surface area contributed by atoms with Gasteiger partial charge < -0.3 is 20.5 Å². The molecule has 2 fully saturated rings. The second kappa shape index (κ2) is 10.7. The number of carbonyl (C=O) groups is 1. The quantitative estimate of drug-likeness (QED) is 0.287. The second-order valence-electron chi connectivity index (χ2n) is 11.2. The van der Waals surface area contributed by atoms with Gasteiger partial charge in [0.2, 0.25) is 0 Å². The number of nitrogens with zero attached hydrogens (tertiary/aromatic N) is 6. The summed E-state index contributed by atoms with van der Waals surface area (Å²) in [6, 6.07) is 18.6. The van der Waals surface area contributed by atoms with Crippen molar-refractivity contribution in [2.24, 2.45) is 0 Å². The van der Waals surface area contributed by atoms with Crippen molar-refractivity contribution in [1.82, 2.24) is 24.4 Å². The van der Waals surface area contributed by atoms with Crippen molar-refractivity contribution in [2.45, 2.75) is 44.4 Å². The zero-order valence-corrected chi connectivity index (χ0v) is 23.4. The van der Waals surface area contributed by atoms with E-state index in [1.165, 1.54) is 6.33 Å². The van der Waals surface area contributed by atoms with Gasteiger partial charge in [0.05, 0.1) is 29.6 Å². The highest BCUT2D eigenvalue weighted by atomic mass is 16.5. The largest absolute Gasteiger partial charge is 0.391 e. The Morgan fingerprint density at radius 1 is 1.05 bits per heavy atom. The van der Waals surface area contributed by atoms with Crippen molar-refractivity contribution >= 4 is 23.3 Å². The number of benzene rings is 2. The Balaban J connectivity index is 1.30. The van der Waals surface area contributed by atoms with Gasteiger partial charge in [-0.3, -0.25) is 9.48 Å². The van der Waals surface area contributed by atoms with Crippen LogP contribution in [0.25, 0.3) is 28.0 Å². The monoisotopic (exact) mass is 563 g/mol. The Labute approximate surface area is 243 Å². The Morgan fingerprint density at radius 3 is 2.71 bits per heavy atom. The normalized spacial score (nSPS) is 19.5. The highest BCUT2D eigenvalue weighted by Crippen LogP contribution is 2.40. The van der Waals surface area contributed by atoms with Gasteiger partial charge in [-0.15, -0.1) is 0 Å². The molecule has 10 heteroatoms. The molecule has 42 heavy (non-hydrogen) atoms. The average molecular weight is 564 g/mol. The fraction of sp³-hybridized carbons (Fsp3) is 0.312. The molecule has 2 aliphatic heterocycles. The van der Waals surface area contributed by atoms with Crippen molar-refractivity contribution < 1.29 is 14.6 Å². The number of hydrogen-bond donors (Lipinski definition) is 2. The number of aldehydes is 1. The van der Waals surface area contributed by atoms with Gasteiger partial charge in [0.1, 0.15) is 18.1 Å². The van der Waals surface area contributed by atoms with Gasteiger partial charge in [-0.25, -0.2) is 9.50 Å². The van der Waals surface area contributed by atoms with Gasteiger partial charge in [-0.1, -0.05) is 18.2 Å². The molecule has 0 unspecified atom stereocenters. The summed E-state index contributed by atoms with van der Waals surface area (Å²) in [6.45, 7) is 3.90. The summed E-state index contributed by atoms with van der Waals surface area (Å²) in [5.74, 6) is 0.404. The molecule has 0 radical (unpaired) electrons. The predicted octanol–water partition coefficient (Wildman–Crippen LogP) is 4.63. The number of nitrogen functional groups attached to an aromatic ring is 1. The van der Waals surface area contributed by atoms with Crippen LogP contribution in [0.2, 0.25) is 0 Å². The molecule has 0 spiro atoms. The Kier molecular flexibility index (Phi) is 6.72. The lowest BCUT2D eigenvalue weighted by Crippen LogP contribution is -2.24. The molecule has 0 bridgehead atoms. The zero-order chi connectivity index (χ0) is 28.8. The van der Waals surface area contributed by atoms with Crippen LogP contribution in [-0.4, -0.2) is 61.6 Å². The minimum absolute atomic E-state index is 0.0261. The van der Waals surface area contributed by atoms with Crippen LogP contribution in [0.3, 0.4) is 0 Å². The van der Waals surface area contributed by atoms with Crippen LogP contribution >= 0.6 is 0 Å². The number of rotatable bonds is 6. The number of aryl methyl sites for hydroxylation is 1. The lowest BCUT2D eigenvalue weighted by atomic mass is 9.99. The number of aliphatic hydroxyl groups is 1. The highest BCUT2D eigenvalue weighted by Gasteiger charge is 2.33. The number of β-amino-alcohol motifs (C(OH)–C–C–N with tert-alkyl or cyclic N) is 1. The molecule has 7 rings (SSSR count). The van der Waals surface area contributed by atoms with E-state index in [4.69, 9.17) is 10.5 Å². The van der Waals surface area contributed by atoms with Crippen molar-refractivity contribution in [2.75, 3.05) is 30.4 Å². The lowest BCUT2D eigenvalue weighted by Gasteiger charge is -2.27. The van der Waals surface area contributed by atoms with E-state index in [-0.39, 0.29) is 12.1 Å². The number of fused-ring (bicyclic) bond motifs is 1. The van der Waals surface area contributed by atoms with Gasteiger partial charge in [-0.2, -0.15) is 10.2 Å². The number of carbonyl (C=O) groups excluding carboxylic acids is 1. The third-order valence-corrected chi connectivity index (χ3v) is 8.62. The first-order valence-electron chi connectivity index (χ1n) is 14.4. The van der Waals surface area contributed by atoms with Crippen LogP contribution in [-0.2, 0) is 4.74 Å². The number of ether oxygens (including phenoxy) is 1. The Morgan fingerprint density at radius 2 is 1.90 bits per heavy atom. The Bertz CT molecular complexity index is 1770. The predicted molar refractivity (Wildman–Crippen MR) is 160 cm³/mol. The Hall–Kier alpha value is -4.54. The molecule has 2 saturated heterocycles. The van der Waals surface area contributed by atoms with Gasteiger partial charge in [0.25, 0.3) is 0 Å². The smallest absolute Gasteiger partial charge is 0.152 e. The van der Waals surface area contributed by atoms with Gasteiger partial charge in [0, 0.05) is 48.3 Å². The first-order valence-corrected chi connectivity index (χ1v) is 14.4. The van der Waals surface area contributed by atoms with Gasteiger partial charge in [-0.05, 0) is 73.7 Å². The first kappa shape index (κ1) is 26.4. The molecule has 2 atom stereocenters. The maximum Gasteiger partial charge on any atom is 0.152 e. The SMILES string of the molecule is Cc1cc(N2C[C@H](O)C[C@H]2c2cccc(-c3cc(-c4ccnn4C4CCOCC4)c4c(N)ncnn34)c2)ccc1C=O. The summed E-state index contributed by atoms with van der Waals surface area (Å²) < 4.78 is 9.53. The lowest BCUT2D eigenvalue weighted by molar-refractivity contribution is 0.0667. The first-order chi connectivity index (χ1) is 20.5. The van der Waals surface area contributed by atoms with E-state index in [0.29, 0.717) is 24.3 Å². The fourth-order valence-corrected chi connectivity index (χ4v) is 6.51. The summed E-state index contributed by atoms with van der Waals surface area (Å²) in [5, 5.41) is 20.0. The summed E-state index contributed by atoms with van der Waals surface area (Å²) in [7, 11) is 0. The number of aromatic nitrogens is 5. The molecule has 3 aromatic heterocycles. The van der Waals surface area contributed by atoms with Gasteiger partial charge in [0.15, 0.2) is 5.82 Å². The summed E-state index contributed by atoms with van der Waals surface area (Å²) in [6.07, 6.45) is 6.15. The molecule has 214 valence electrons. The van der Waals surface area contributed by atoms with E-state index in [0.717, 1.165) is 77.2 Å². The summed E-state index contributed by atoms with van der Waals surface area (Å²) >= 11 is 0. The molecule has 0 saturated carbocycles. The third kappa shape index (κ3) is 4.53. The molecule has 3 N–H and O–H groups in total. The molecular formula is C32H33N7O3. The van der Waals surface area contributed by atoms with Crippen LogP contribution in [0.1, 0.15) is 52.8 Å². The zero-order valence-electron chi connectivity index (χ0n) is 23.4. The minimum atomic E-state index is -0.455. The van der Waals surface area contributed by atoms with Gasteiger partial charge >= 0.3 is 0 Å². The van der Waals surface area contributed by atoms with E-state index in [1.54, 1.807) is 0 Å². The molecule has 5 aromatic rings. The van der Waals surface area contributed by atoms with Crippen LogP contribution in [0.15, 0.2) is 67.1 Å². The minimum Gasteiger partial charge on any atom is -0.391 e. The van der Waals surface area contributed by atoms with Crippen LogP contribution in [0, 0.1) is 6.92 Å². The molecule has 2 aromatic carbocycles. The topological polar surface area (TPSA) is 124 Å². The van der Waals surface area contributed by atoms with Crippen molar-refractivity contribution in [3.05, 3.63) is 83.8 Å². The standard InChI is InChI=1S/C32H33N7O3/c1-20-13-25(6-5-23(20)18-40)37-17-26(41)15-29(37)21-3-2-4-22(14-21)30-16-27(31-32(33)34-19-36-39(30)31)28-7-10-35-38(28)24-8-11-42-12-9-24/h2-7,10,13-14,16,18-19,24,26,29,41H,8-9,11-12,15,17H2,1H3,(H2,33,34,36)/t26-,29+/m1/s1. The number of nitrogens with two attached hydrogens (primary N) is 1. The van der Waals surface area contributed by atoms with Crippen LogP contribution < -0.4 is 10.6 Å². The average Bonchev–Trinajstić information content (AvgIpc) is 3.75. The summed E-state index contributed by atoms with van der Waals surface area (Å²) in [5.41, 5.74) is 14.7. The molecule has 5 heterocycles. The highest BCUT2D eigenvalue weighted by molar-refractivity contribution is 5.91. The molecule has 0 aliphatic carbocycles. The molecular weight excluding hydrogens is 530 g/mol. The molecule has 2 aliphatic rings.